The number of hydrogen-bond donors (Lipinski definition) is 3. The van der Waals surface area contributed by atoms with Crippen LogP contribution in [0.25, 0.3) is 0 Å². The topological polar surface area (TPSA) is 97.9 Å². The summed E-state index contributed by atoms with van der Waals surface area (Å²) in [6.07, 6.45) is 0. The number of benzene rings is 2. The second-order valence-corrected chi connectivity index (χ2v) is 7.66. The number of esters is 1. The third kappa shape index (κ3) is 6.23. The number of amides is 1. The van der Waals surface area contributed by atoms with E-state index in [2.05, 4.69) is 16.0 Å². The first-order valence-corrected chi connectivity index (χ1v) is 10.9. The zero-order valence-corrected chi connectivity index (χ0v) is 19.6. The molecule has 33 heavy (non-hydrogen) atoms. The molecule has 9 heteroatoms. The SMILES string of the molecule is CCOC(=O)C1=C(C)NC(=S)NC1c1ccc(OCC(=O)NCc2ccccc2)c(OC)c1. The maximum Gasteiger partial charge on any atom is 0.338 e. The molecule has 1 heterocycles. The van der Waals surface area contributed by atoms with Gasteiger partial charge in [-0.15, -0.1) is 0 Å². The van der Waals surface area contributed by atoms with Crippen molar-refractivity contribution in [3.63, 3.8) is 0 Å². The summed E-state index contributed by atoms with van der Waals surface area (Å²) in [7, 11) is 1.51. The van der Waals surface area contributed by atoms with Crippen molar-refractivity contribution in [2.24, 2.45) is 0 Å². The Kier molecular flexibility index (Phi) is 8.26. The van der Waals surface area contributed by atoms with E-state index < -0.39 is 12.0 Å². The lowest BCUT2D eigenvalue weighted by Crippen LogP contribution is -2.45. The molecule has 2 aromatic carbocycles. The van der Waals surface area contributed by atoms with E-state index in [1.165, 1.54) is 7.11 Å². The summed E-state index contributed by atoms with van der Waals surface area (Å²) in [6.45, 7) is 4.04. The maximum absolute atomic E-state index is 12.6. The molecule has 1 atom stereocenters. The molecular formula is C24H27N3O5S. The highest BCUT2D eigenvalue weighted by molar-refractivity contribution is 7.80. The standard InChI is InChI=1S/C24H27N3O5S/c1-4-31-23(29)21-15(2)26-24(33)27-22(21)17-10-11-18(19(12-17)30-3)32-14-20(28)25-13-16-8-6-5-7-9-16/h5-12,22H,4,13-14H2,1-3H3,(H,25,28)(H2,26,27,33). The van der Waals surface area contributed by atoms with Gasteiger partial charge in [-0.2, -0.15) is 0 Å². The summed E-state index contributed by atoms with van der Waals surface area (Å²) in [5, 5.41) is 9.29. The number of ether oxygens (including phenoxy) is 3. The summed E-state index contributed by atoms with van der Waals surface area (Å²) in [5.74, 6) is 0.150. The van der Waals surface area contributed by atoms with Crippen LogP contribution in [0.2, 0.25) is 0 Å². The Morgan fingerprint density at radius 1 is 1.12 bits per heavy atom. The summed E-state index contributed by atoms with van der Waals surface area (Å²) < 4.78 is 16.4. The Morgan fingerprint density at radius 3 is 2.58 bits per heavy atom. The van der Waals surface area contributed by atoms with Gasteiger partial charge in [-0.25, -0.2) is 4.79 Å². The molecule has 0 spiro atoms. The summed E-state index contributed by atoms with van der Waals surface area (Å²) in [4.78, 5) is 24.7. The summed E-state index contributed by atoms with van der Waals surface area (Å²) in [5.41, 5.74) is 2.79. The molecule has 2 aromatic rings. The average Bonchev–Trinajstić information content (AvgIpc) is 2.81. The molecule has 0 saturated carbocycles. The molecule has 0 aliphatic carbocycles. The smallest absolute Gasteiger partial charge is 0.338 e. The van der Waals surface area contributed by atoms with Crippen molar-refractivity contribution >= 4 is 29.2 Å². The van der Waals surface area contributed by atoms with Crippen LogP contribution in [0, 0.1) is 0 Å². The second kappa shape index (κ2) is 11.3. The lowest BCUT2D eigenvalue weighted by molar-refractivity contribution is -0.139. The van der Waals surface area contributed by atoms with E-state index in [0.29, 0.717) is 34.4 Å². The Balaban J connectivity index is 1.72. The Labute approximate surface area is 198 Å². The zero-order valence-electron chi connectivity index (χ0n) is 18.8. The molecule has 0 aromatic heterocycles. The summed E-state index contributed by atoms with van der Waals surface area (Å²) in [6, 6.07) is 14.3. The Bertz CT molecular complexity index is 1060. The molecule has 1 unspecified atom stereocenters. The van der Waals surface area contributed by atoms with Crippen molar-refractivity contribution in [3.8, 4) is 11.5 Å². The average molecular weight is 470 g/mol. The van der Waals surface area contributed by atoms with Gasteiger partial charge in [0.05, 0.1) is 25.3 Å². The molecule has 0 fully saturated rings. The van der Waals surface area contributed by atoms with Crippen LogP contribution in [-0.4, -0.2) is 37.3 Å². The highest BCUT2D eigenvalue weighted by Crippen LogP contribution is 2.34. The number of thiocarbonyl (C=S) groups is 1. The second-order valence-electron chi connectivity index (χ2n) is 7.25. The number of allylic oxidation sites excluding steroid dienone is 1. The van der Waals surface area contributed by atoms with Gasteiger partial charge < -0.3 is 30.2 Å². The lowest BCUT2D eigenvalue weighted by Gasteiger charge is -2.30. The predicted molar refractivity (Wildman–Crippen MR) is 128 cm³/mol. The van der Waals surface area contributed by atoms with Gasteiger partial charge in [0.25, 0.3) is 5.91 Å². The molecule has 1 aliphatic rings. The largest absolute Gasteiger partial charge is 0.493 e. The van der Waals surface area contributed by atoms with Gasteiger partial charge in [-0.05, 0) is 49.3 Å². The third-order valence-electron chi connectivity index (χ3n) is 4.98. The lowest BCUT2D eigenvalue weighted by atomic mass is 9.95. The first-order valence-electron chi connectivity index (χ1n) is 10.5. The number of rotatable bonds is 9. The fourth-order valence-electron chi connectivity index (χ4n) is 3.40. The predicted octanol–water partition coefficient (Wildman–Crippen LogP) is 2.75. The maximum atomic E-state index is 12.6. The summed E-state index contributed by atoms with van der Waals surface area (Å²) >= 11 is 5.27. The van der Waals surface area contributed by atoms with Crippen molar-refractivity contribution in [2.45, 2.75) is 26.4 Å². The normalized spacial score (nSPS) is 15.2. The first kappa shape index (κ1) is 24.1. The van der Waals surface area contributed by atoms with Crippen LogP contribution < -0.4 is 25.4 Å². The van der Waals surface area contributed by atoms with Crippen molar-refractivity contribution in [1.82, 2.24) is 16.0 Å². The van der Waals surface area contributed by atoms with Crippen LogP contribution in [0.1, 0.15) is 31.0 Å². The fraction of sp³-hybridized carbons (Fsp3) is 0.292. The van der Waals surface area contributed by atoms with Gasteiger partial charge in [0.15, 0.2) is 23.2 Å². The number of nitrogens with one attached hydrogen (secondary N) is 3. The number of hydrogen-bond acceptors (Lipinski definition) is 6. The fourth-order valence-corrected chi connectivity index (χ4v) is 3.67. The number of carbonyl (C=O) groups excluding carboxylic acids is 2. The van der Waals surface area contributed by atoms with Gasteiger partial charge >= 0.3 is 5.97 Å². The van der Waals surface area contributed by atoms with Gasteiger partial charge in [-0.1, -0.05) is 36.4 Å². The van der Waals surface area contributed by atoms with E-state index in [1.807, 2.05) is 30.3 Å². The van der Waals surface area contributed by atoms with Crippen molar-refractivity contribution in [1.29, 1.82) is 0 Å². The van der Waals surface area contributed by atoms with Crippen molar-refractivity contribution < 1.29 is 23.8 Å². The van der Waals surface area contributed by atoms with E-state index in [4.69, 9.17) is 26.4 Å². The van der Waals surface area contributed by atoms with Gasteiger partial charge in [0, 0.05) is 12.2 Å². The van der Waals surface area contributed by atoms with Gasteiger partial charge in [0.1, 0.15) is 0 Å². The highest BCUT2D eigenvalue weighted by Gasteiger charge is 2.31. The minimum atomic E-state index is -0.519. The van der Waals surface area contributed by atoms with Crippen molar-refractivity contribution in [3.05, 3.63) is 70.9 Å². The van der Waals surface area contributed by atoms with E-state index in [-0.39, 0.29) is 19.1 Å². The minimum Gasteiger partial charge on any atom is -0.493 e. The van der Waals surface area contributed by atoms with Crippen LogP contribution in [0.4, 0.5) is 0 Å². The van der Waals surface area contributed by atoms with Crippen LogP contribution in [-0.2, 0) is 20.9 Å². The molecule has 1 aliphatic heterocycles. The quantitative estimate of drug-likeness (QED) is 0.381. The van der Waals surface area contributed by atoms with Crippen LogP contribution >= 0.6 is 12.2 Å². The number of carbonyl (C=O) groups is 2. The van der Waals surface area contributed by atoms with Crippen LogP contribution in [0.3, 0.4) is 0 Å². The molecule has 3 N–H and O–H groups in total. The van der Waals surface area contributed by atoms with Gasteiger partial charge in [-0.3, -0.25) is 4.79 Å². The Morgan fingerprint density at radius 2 is 1.88 bits per heavy atom. The van der Waals surface area contributed by atoms with Crippen LogP contribution in [0.15, 0.2) is 59.8 Å². The molecule has 0 radical (unpaired) electrons. The zero-order chi connectivity index (χ0) is 23.8. The monoisotopic (exact) mass is 469 g/mol. The van der Waals surface area contributed by atoms with E-state index >= 15 is 0 Å². The van der Waals surface area contributed by atoms with E-state index in [0.717, 1.165) is 11.1 Å². The van der Waals surface area contributed by atoms with Crippen molar-refractivity contribution in [2.75, 3.05) is 20.3 Å². The van der Waals surface area contributed by atoms with E-state index in [1.54, 1.807) is 32.0 Å². The number of methoxy groups -OCH3 is 1. The minimum absolute atomic E-state index is 0.161. The molecule has 3 rings (SSSR count). The third-order valence-corrected chi connectivity index (χ3v) is 5.20. The molecule has 0 bridgehead atoms. The Hall–Kier alpha value is -3.59. The first-order chi connectivity index (χ1) is 15.9. The molecule has 0 saturated heterocycles. The van der Waals surface area contributed by atoms with E-state index in [9.17, 15) is 9.59 Å². The molecular weight excluding hydrogens is 442 g/mol. The highest BCUT2D eigenvalue weighted by atomic mass is 32.1. The molecule has 8 nitrogen and oxygen atoms in total. The molecule has 1 amide bonds. The van der Waals surface area contributed by atoms with Crippen LogP contribution in [0.5, 0.6) is 11.5 Å². The molecule has 174 valence electrons. The van der Waals surface area contributed by atoms with Gasteiger partial charge in [0.2, 0.25) is 0 Å².